The van der Waals surface area contributed by atoms with Gasteiger partial charge in [0.1, 0.15) is 0 Å². The van der Waals surface area contributed by atoms with E-state index in [-0.39, 0.29) is 0 Å². The summed E-state index contributed by atoms with van der Waals surface area (Å²) in [5.74, 6) is 0. The molecule has 0 amide bonds. The van der Waals surface area contributed by atoms with Gasteiger partial charge in [-0.15, -0.1) is 0 Å². The van der Waals surface area contributed by atoms with Crippen LogP contribution in [0.2, 0.25) is 0 Å². The van der Waals surface area contributed by atoms with Crippen LogP contribution in [0.3, 0.4) is 0 Å². The molecule has 94 valence electrons. The molecular formula is C13H27N3. The molecule has 3 nitrogen and oxygen atoms in total. The van der Waals surface area contributed by atoms with Crippen molar-refractivity contribution in [2.45, 2.75) is 39.2 Å². The Balaban J connectivity index is 1.79. The highest BCUT2D eigenvalue weighted by Gasteiger charge is 2.43. The minimum absolute atomic E-state index is 0.614. The van der Waals surface area contributed by atoms with Crippen LogP contribution in [0, 0.1) is 5.41 Å². The fraction of sp³-hybridized carbons (Fsp3) is 1.00. The molecule has 0 spiro atoms. The smallest absolute Gasteiger partial charge is 0.0195 e. The first kappa shape index (κ1) is 12.3. The SMILES string of the molecule is CCN1CCN(CC2(CCN)CC2)CC1C. The molecule has 2 rings (SSSR count). The molecule has 0 aromatic heterocycles. The molecule has 2 aliphatic rings. The highest BCUT2D eigenvalue weighted by Crippen LogP contribution is 2.49. The summed E-state index contributed by atoms with van der Waals surface area (Å²) in [7, 11) is 0. The average molecular weight is 225 g/mol. The Labute approximate surface area is 100.0 Å². The molecule has 2 N–H and O–H groups in total. The Morgan fingerprint density at radius 3 is 2.56 bits per heavy atom. The summed E-state index contributed by atoms with van der Waals surface area (Å²) in [5, 5.41) is 0. The number of piperazine rings is 1. The number of nitrogens with zero attached hydrogens (tertiary/aromatic N) is 2. The third-order valence-electron chi connectivity index (χ3n) is 4.45. The van der Waals surface area contributed by atoms with E-state index in [0.717, 1.165) is 12.6 Å². The third kappa shape index (κ3) is 2.76. The van der Waals surface area contributed by atoms with Crippen molar-refractivity contribution < 1.29 is 0 Å². The van der Waals surface area contributed by atoms with E-state index in [1.807, 2.05) is 0 Å². The number of nitrogens with two attached hydrogens (primary N) is 1. The van der Waals surface area contributed by atoms with E-state index in [2.05, 4.69) is 23.6 Å². The van der Waals surface area contributed by atoms with Crippen molar-refractivity contribution >= 4 is 0 Å². The molecule has 16 heavy (non-hydrogen) atoms. The molecule has 1 atom stereocenters. The molecule has 1 unspecified atom stereocenters. The van der Waals surface area contributed by atoms with Crippen molar-refractivity contribution in [2.75, 3.05) is 39.3 Å². The van der Waals surface area contributed by atoms with Gasteiger partial charge in [0.25, 0.3) is 0 Å². The van der Waals surface area contributed by atoms with E-state index in [9.17, 15) is 0 Å². The van der Waals surface area contributed by atoms with Crippen molar-refractivity contribution in [1.29, 1.82) is 0 Å². The van der Waals surface area contributed by atoms with Crippen LogP contribution in [0.4, 0.5) is 0 Å². The van der Waals surface area contributed by atoms with E-state index >= 15 is 0 Å². The lowest BCUT2D eigenvalue weighted by atomic mass is 10.0. The van der Waals surface area contributed by atoms with E-state index in [1.165, 1.54) is 52.0 Å². The summed E-state index contributed by atoms with van der Waals surface area (Å²) >= 11 is 0. The maximum Gasteiger partial charge on any atom is 0.0195 e. The molecule has 0 bridgehead atoms. The number of hydrogen-bond acceptors (Lipinski definition) is 3. The van der Waals surface area contributed by atoms with E-state index < -0.39 is 0 Å². The van der Waals surface area contributed by atoms with Crippen LogP contribution in [-0.2, 0) is 0 Å². The fourth-order valence-electron chi connectivity index (χ4n) is 3.13. The van der Waals surface area contributed by atoms with Crippen molar-refractivity contribution in [3.63, 3.8) is 0 Å². The minimum Gasteiger partial charge on any atom is -0.330 e. The summed E-state index contributed by atoms with van der Waals surface area (Å²) in [6.45, 7) is 11.7. The van der Waals surface area contributed by atoms with Gasteiger partial charge in [-0.3, -0.25) is 9.80 Å². The van der Waals surface area contributed by atoms with Gasteiger partial charge in [-0.1, -0.05) is 6.92 Å². The Morgan fingerprint density at radius 1 is 1.31 bits per heavy atom. The zero-order valence-corrected chi connectivity index (χ0v) is 10.9. The number of likely N-dealkylation sites (N-methyl/N-ethyl adjacent to an activating group) is 1. The van der Waals surface area contributed by atoms with Gasteiger partial charge in [0, 0.05) is 32.2 Å². The Hall–Kier alpha value is -0.120. The van der Waals surface area contributed by atoms with Gasteiger partial charge in [0.15, 0.2) is 0 Å². The van der Waals surface area contributed by atoms with Crippen molar-refractivity contribution in [1.82, 2.24) is 9.80 Å². The zero-order valence-electron chi connectivity index (χ0n) is 10.9. The number of hydrogen-bond donors (Lipinski definition) is 1. The second-order valence-electron chi connectivity index (χ2n) is 5.75. The van der Waals surface area contributed by atoms with E-state index in [0.29, 0.717) is 5.41 Å². The summed E-state index contributed by atoms with van der Waals surface area (Å²) in [6, 6.07) is 0.729. The largest absolute Gasteiger partial charge is 0.330 e. The average Bonchev–Trinajstić information content (AvgIpc) is 2.99. The normalized spacial score (nSPS) is 30.6. The molecule has 1 aliphatic heterocycles. The predicted octanol–water partition coefficient (Wildman–Crippen LogP) is 1.14. The van der Waals surface area contributed by atoms with E-state index in [1.54, 1.807) is 0 Å². The van der Waals surface area contributed by atoms with Gasteiger partial charge in [0.05, 0.1) is 0 Å². The highest BCUT2D eigenvalue weighted by molar-refractivity contribution is 4.96. The third-order valence-corrected chi connectivity index (χ3v) is 4.45. The molecule has 3 heteroatoms. The lowest BCUT2D eigenvalue weighted by Gasteiger charge is -2.40. The summed E-state index contributed by atoms with van der Waals surface area (Å²) < 4.78 is 0. The molecule has 0 aromatic carbocycles. The molecule has 0 radical (unpaired) electrons. The van der Waals surface area contributed by atoms with Gasteiger partial charge in [0.2, 0.25) is 0 Å². The molecule has 0 aromatic rings. The number of rotatable bonds is 5. The standard InChI is InChI=1S/C13H27N3/c1-3-16-9-8-15(10-12(16)2)11-13(4-5-13)6-7-14/h12H,3-11,14H2,1-2H3. The van der Waals surface area contributed by atoms with Crippen LogP contribution < -0.4 is 5.73 Å². The summed E-state index contributed by atoms with van der Waals surface area (Å²) in [6.07, 6.45) is 4.05. The van der Waals surface area contributed by atoms with Crippen LogP contribution in [0.1, 0.15) is 33.1 Å². The molecule has 1 heterocycles. The maximum atomic E-state index is 5.70. The topological polar surface area (TPSA) is 32.5 Å². The van der Waals surface area contributed by atoms with Gasteiger partial charge in [-0.05, 0) is 44.7 Å². The van der Waals surface area contributed by atoms with E-state index in [4.69, 9.17) is 5.73 Å². The Morgan fingerprint density at radius 2 is 2.06 bits per heavy atom. The molecule has 1 aliphatic carbocycles. The maximum absolute atomic E-state index is 5.70. The lowest BCUT2D eigenvalue weighted by molar-refractivity contribution is 0.0728. The van der Waals surface area contributed by atoms with Crippen LogP contribution in [0.15, 0.2) is 0 Å². The van der Waals surface area contributed by atoms with Gasteiger partial charge >= 0.3 is 0 Å². The Bertz CT molecular complexity index is 225. The molecule has 1 saturated heterocycles. The highest BCUT2D eigenvalue weighted by atomic mass is 15.3. The zero-order chi connectivity index (χ0) is 11.6. The summed E-state index contributed by atoms with van der Waals surface area (Å²) in [4.78, 5) is 5.25. The minimum atomic E-state index is 0.614. The van der Waals surface area contributed by atoms with Crippen molar-refractivity contribution in [3.05, 3.63) is 0 Å². The Kier molecular flexibility index (Phi) is 3.88. The van der Waals surface area contributed by atoms with Crippen LogP contribution >= 0.6 is 0 Å². The van der Waals surface area contributed by atoms with Crippen LogP contribution in [-0.4, -0.2) is 55.1 Å². The van der Waals surface area contributed by atoms with Crippen LogP contribution in [0.25, 0.3) is 0 Å². The first-order valence-electron chi connectivity index (χ1n) is 6.85. The van der Waals surface area contributed by atoms with Gasteiger partial charge in [-0.2, -0.15) is 0 Å². The fourth-order valence-corrected chi connectivity index (χ4v) is 3.13. The molecule has 1 saturated carbocycles. The first-order valence-corrected chi connectivity index (χ1v) is 6.85. The van der Waals surface area contributed by atoms with Crippen LogP contribution in [0.5, 0.6) is 0 Å². The van der Waals surface area contributed by atoms with Crippen molar-refractivity contribution in [2.24, 2.45) is 11.1 Å². The summed E-state index contributed by atoms with van der Waals surface area (Å²) in [5.41, 5.74) is 6.32. The molecular weight excluding hydrogens is 198 g/mol. The van der Waals surface area contributed by atoms with Gasteiger partial charge < -0.3 is 5.73 Å². The molecule has 2 fully saturated rings. The predicted molar refractivity (Wildman–Crippen MR) is 68.5 cm³/mol. The first-order chi connectivity index (χ1) is 7.69. The quantitative estimate of drug-likeness (QED) is 0.761. The van der Waals surface area contributed by atoms with Crippen molar-refractivity contribution in [3.8, 4) is 0 Å². The monoisotopic (exact) mass is 225 g/mol. The second kappa shape index (κ2) is 5.03. The lowest BCUT2D eigenvalue weighted by Crippen LogP contribution is -2.52. The second-order valence-corrected chi connectivity index (χ2v) is 5.75. The van der Waals surface area contributed by atoms with Gasteiger partial charge in [-0.25, -0.2) is 0 Å².